The summed E-state index contributed by atoms with van der Waals surface area (Å²) in [5.41, 5.74) is 8.34. The van der Waals surface area contributed by atoms with Gasteiger partial charge in [-0.25, -0.2) is 0 Å². The largest absolute Gasteiger partial charge is 0.481 e. The van der Waals surface area contributed by atoms with Gasteiger partial charge in [-0.05, 0) is 12.5 Å². The van der Waals surface area contributed by atoms with Gasteiger partial charge in [0.25, 0.3) is 0 Å². The first kappa shape index (κ1) is 12.2. The Labute approximate surface area is 106 Å². The number of hydrogen-bond acceptors (Lipinski definition) is 5. The van der Waals surface area contributed by atoms with E-state index in [2.05, 4.69) is 22.3 Å². The van der Waals surface area contributed by atoms with Gasteiger partial charge in [0.15, 0.2) is 5.82 Å². The third kappa shape index (κ3) is 2.37. The summed E-state index contributed by atoms with van der Waals surface area (Å²) in [4.78, 5) is 4.28. The van der Waals surface area contributed by atoms with Crippen molar-refractivity contribution in [3.05, 3.63) is 24.0 Å². The molecular weight excluding hydrogens is 230 g/mol. The molecule has 0 aliphatic carbocycles. The molecule has 6 nitrogen and oxygen atoms in total. The minimum atomic E-state index is 0.522. The fourth-order valence-corrected chi connectivity index (χ4v) is 1.69. The van der Waals surface area contributed by atoms with E-state index in [9.17, 15) is 0 Å². The second kappa shape index (κ2) is 4.95. The molecule has 2 rings (SSSR count). The zero-order valence-corrected chi connectivity index (χ0v) is 10.8. The maximum atomic E-state index is 5.88. The predicted molar refractivity (Wildman–Crippen MR) is 71.1 cm³/mol. The number of aryl methyl sites for hydroxylation is 2. The fraction of sp³-hybridized carbons (Fsp3) is 0.333. The summed E-state index contributed by atoms with van der Waals surface area (Å²) in [7, 11) is 3.45. The third-order valence-electron chi connectivity index (χ3n) is 2.60. The highest BCUT2D eigenvalue weighted by Crippen LogP contribution is 2.25. The van der Waals surface area contributed by atoms with Gasteiger partial charge in [-0.1, -0.05) is 6.92 Å². The van der Waals surface area contributed by atoms with E-state index in [0.717, 1.165) is 17.8 Å². The van der Waals surface area contributed by atoms with Crippen LogP contribution in [0.5, 0.6) is 5.88 Å². The molecule has 0 bridgehead atoms. The molecule has 3 N–H and O–H groups in total. The Morgan fingerprint density at radius 2 is 2.22 bits per heavy atom. The first-order valence-corrected chi connectivity index (χ1v) is 5.74. The molecule has 0 saturated heterocycles. The van der Waals surface area contributed by atoms with Gasteiger partial charge in [-0.15, -0.1) is 0 Å². The number of nitrogens with zero attached hydrogens (tertiary/aromatic N) is 3. The van der Waals surface area contributed by atoms with E-state index in [-0.39, 0.29) is 0 Å². The van der Waals surface area contributed by atoms with E-state index in [1.54, 1.807) is 23.9 Å². The molecule has 0 aliphatic heterocycles. The van der Waals surface area contributed by atoms with Gasteiger partial charge in [0.2, 0.25) is 5.88 Å². The summed E-state index contributed by atoms with van der Waals surface area (Å²) in [6.07, 6.45) is 2.74. The lowest BCUT2D eigenvalue weighted by atomic mass is 10.3. The maximum Gasteiger partial charge on any atom is 0.215 e. The molecule has 0 amide bonds. The first-order valence-electron chi connectivity index (χ1n) is 5.74. The van der Waals surface area contributed by atoms with E-state index < -0.39 is 0 Å². The molecule has 2 aromatic rings. The average molecular weight is 247 g/mol. The highest BCUT2D eigenvalue weighted by molar-refractivity contribution is 5.69. The SMILES string of the molecule is CCc1nn(C)cc1Nc1nc(OC)ccc1N. The zero-order chi connectivity index (χ0) is 13.1. The Morgan fingerprint density at radius 3 is 2.89 bits per heavy atom. The molecule has 0 spiro atoms. The molecular formula is C12H17N5O. The number of ether oxygens (including phenoxy) is 1. The van der Waals surface area contributed by atoms with Gasteiger partial charge >= 0.3 is 0 Å². The summed E-state index contributed by atoms with van der Waals surface area (Å²) in [5.74, 6) is 1.10. The lowest BCUT2D eigenvalue weighted by molar-refractivity contribution is 0.398. The minimum Gasteiger partial charge on any atom is -0.481 e. The molecule has 0 aromatic carbocycles. The summed E-state index contributed by atoms with van der Waals surface area (Å²) in [6.45, 7) is 2.05. The van der Waals surface area contributed by atoms with Crippen LogP contribution in [0.4, 0.5) is 17.2 Å². The molecule has 0 aliphatic rings. The van der Waals surface area contributed by atoms with Crippen molar-refractivity contribution in [2.24, 2.45) is 7.05 Å². The lowest BCUT2D eigenvalue weighted by Gasteiger charge is -2.09. The quantitative estimate of drug-likeness (QED) is 0.860. The number of methoxy groups -OCH3 is 1. The maximum absolute atomic E-state index is 5.88. The van der Waals surface area contributed by atoms with Crippen LogP contribution < -0.4 is 15.8 Å². The van der Waals surface area contributed by atoms with Gasteiger partial charge in [-0.3, -0.25) is 4.68 Å². The van der Waals surface area contributed by atoms with Gasteiger partial charge in [-0.2, -0.15) is 10.1 Å². The summed E-state index contributed by atoms with van der Waals surface area (Å²) in [6, 6.07) is 3.49. The Kier molecular flexibility index (Phi) is 3.36. The van der Waals surface area contributed by atoms with Crippen LogP contribution in [0.3, 0.4) is 0 Å². The fourth-order valence-electron chi connectivity index (χ4n) is 1.69. The van der Waals surface area contributed by atoms with Crippen LogP contribution in [0.2, 0.25) is 0 Å². The molecule has 0 unspecified atom stereocenters. The standard InChI is InChI=1S/C12H17N5O/c1-4-9-10(7-17(2)16-9)14-12-8(13)5-6-11(15-12)18-3/h5-7H,4,13H2,1-3H3,(H,14,15). The van der Waals surface area contributed by atoms with E-state index in [1.807, 2.05) is 13.2 Å². The van der Waals surface area contributed by atoms with Gasteiger partial charge < -0.3 is 15.8 Å². The van der Waals surface area contributed by atoms with Crippen molar-refractivity contribution in [3.8, 4) is 5.88 Å². The normalized spacial score (nSPS) is 10.4. The lowest BCUT2D eigenvalue weighted by Crippen LogP contribution is -2.01. The van der Waals surface area contributed by atoms with Crippen LogP contribution >= 0.6 is 0 Å². The van der Waals surface area contributed by atoms with Crippen molar-refractivity contribution >= 4 is 17.2 Å². The van der Waals surface area contributed by atoms with Gasteiger partial charge in [0.1, 0.15) is 0 Å². The monoisotopic (exact) mass is 247 g/mol. The van der Waals surface area contributed by atoms with Crippen LogP contribution in [0.1, 0.15) is 12.6 Å². The first-order chi connectivity index (χ1) is 8.63. The Balaban J connectivity index is 2.32. The van der Waals surface area contributed by atoms with Crippen molar-refractivity contribution in [2.75, 3.05) is 18.2 Å². The number of hydrogen-bond donors (Lipinski definition) is 2. The number of aromatic nitrogens is 3. The summed E-state index contributed by atoms with van der Waals surface area (Å²) in [5, 5.41) is 7.54. The number of rotatable bonds is 4. The molecule has 0 saturated carbocycles. The molecule has 2 heterocycles. The van der Waals surface area contributed by atoms with Crippen molar-refractivity contribution in [1.82, 2.24) is 14.8 Å². The van der Waals surface area contributed by atoms with Gasteiger partial charge in [0, 0.05) is 19.3 Å². The van der Waals surface area contributed by atoms with Crippen molar-refractivity contribution in [2.45, 2.75) is 13.3 Å². The van der Waals surface area contributed by atoms with Crippen molar-refractivity contribution < 1.29 is 4.74 Å². The van der Waals surface area contributed by atoms with Crippen LogP contribution in [0, 0.1) is 0 Å². The molecule has 18 heavy (non-hydrogen) atoms. The number of nitrogens with two attached hydrogens (primary N) is 1. The average Bonchev–Trinajstić information content (AvgIpc) is 2.72. The van der Waals surface area contributed by atoms with E-state index in [4.69, 9.17) is 10.5 Å². The summed E-state index contributed by atoms with van der Waals surface area (Å²) < 4.78 is 6.84. The van der Waals surface area contributed by atoms with Crippen LogP contribution in [-0.2, 0) is 13.5 Å². The third-order valence-corrected chi connectivity index (χ3v) is 2.60. The minimum absolute atomic E-state index is 0.522. The predicted octanol–water partition coefficient (Wildman–Crippen LogP) is 1.71. The van der Waals surface area contributed by atoms with Crippen molar-refractivity contribution in [3.63, 3.8) is 0 Å². The van der Waals surface area contributed by atoms with E-state index in [0.29, 0.717) is 17.4 Å². The van der Waals surface area contributed by atoms with E-state index in [1.165, 1.54) is 0 Å². The molecule has 0 atom stereocenters. The smallest absolute Gasteiger partial charge is 0.215 e. The Morgan fingerprint density at radius 1 is 1.44 bits per heavy atom. The van der Waals surface area contributed by atoms with E-state index >= 15 is 0 Å². The molecule has 6 heteroatoms. The number of anilines is 3. The van der Waals surface area contributed by atoms with Crippen LogP contribution in [-0.4, -0.2) is 21.9 Å². The highest BCUT2D eigenvalue weighted by Gasteiger charge is 2.09. The van der Waals surface area contributed by atoms with Gasteiger partial charge in [0.05, 0.1) is 24.2 Å². The number of nitrogen functional groups attached to an aromatic ring is 1. The highest BCUT2D eigenvalue weighted by atomic mass is 16.5. The molecule has 0 fully saturated rings. The topological polar surface area (TPSA) is 78.0 Å². The second-order valence-corrected chi connectivity index (χ2v) is 3.93. The molecule has 0 radical (unpaired) electrons. The van der Waals surface area contributed by atoms with Crippen molar-refractivity contribution in [1.29, 1.82) is 0 Å². The Hall–Kier alpha value is -2.24. The second-order valence-electron chi connectivity index (χ2n) is 3.93. The van der Waals surface area contributed by atoms with Crippen LogP contribution in [0.25, 0.3) is 0 Å². The summed E-state index contributed by atoms with van der Waals surface area (Å²) >= 11 is 0. The zero-order valence-electron chi connectivity index (χ0n) is 10.8. The molecule has 96 valence electrons. The van der Waals surface area contributed by atoms with Crippen LogP contribution in [0.15, 0.2) is 18.3 Å². The number of nitrogens with one attached hydrogen (secondary N) is 1. The molecule has 2 aromatic heterocycles. The Bertz CT molecular complexity index is 549. The number of pyridine rings is 1.